The van der Waals surface area contributed by atoms with Crippen molar-refractivity contribution in [3.8, 4) is 5.75 Å². The smallest absolute Gasteiger partial charge is 0.329 e. The van der Waals surface area contributed by atoms with Gasteiger partial charge in [0.2, 0.25) is 0 Å². The highest BCUT2D eigenvalue weighted by molar-refractivity contribution is 6.35. The first kappa shape index (κ1) is 20.5. The minimum absolute atomic E-state index is 0.0633. The predicted octanol–water partition coefficient (Wildman–Crippen LogP) is 3.28. The minimum atomic E-state index is -0.798. The van der Waals surface area contributed by atoms with E-state index < -0.39 is 11.8 Å². The number of carbonyl (C=O) groups excluding carboxylic acids is 2. The average molecular weight is 388 g/mol. The second-order valence-corrected chi connectivity index (χ2v) is 6.41. The normalized spacial score (nSPS) is 11.8. The van der Waals surface area contributed by atoms with E-state index in [-0.39, 0.29) is 6.04 Å². The summed E-state index contributed by atoms with van der Waals surface area (Å²) >= 11 is 5.94. The lowest BCUT2D eigenvalue weighted by atomic mass is 10.2. The van der Waals surface area contributed by atoms with Crippen molar-refractivity contribution in [1.29, 1.82) is 0 Å². The van der Waals surface area contributed by atoms with Gasteiger partial charge in [0.15, 0.2) is 0 Å². The van der Waals surface area contributed by atoms with Crippen LogP contribution in [0.4, 0.5) is 0 Å². The van der Waals surface area contributed by atoms with E-state index >= 15 is 0 Å². The van der Waals surface area contributed by atoms with Crippen LogP contribution in [0.3, 0.4) is 0 Å². The first-order valence-corrected chi connectivity index (χ1v) is 8.97. The molecule has 0 spiro atoms. The first-order valence-electron chi connectivity index (χ1n) is 8.59. The monoisotopic (exact) mass is 387 g/mol. The van der Waals surface area contributed by atoms with Crippen molar-refractivity contribution in [2.45, 2.75) is 32.9 Å². The Kier molecular flexibility index (Phi) is 7.82. The largest absolute Gasteiger partial charge is 0.489 e. The van der Waals surface area contributed by atoms with E-state index in [4.69, 9.17) is 16.3 Å². The summed E-state index contributed by atoms with van der Waals surface area (Å²) in [6.07, 6.45) is 2.20. The van der Waals surface area contributed by atoms with Crippen LogP contribution in [0.15, 0.2) is 53.6 Å². The molecule has 0 saturated carbocycles. The zero-order chi connectivity index (χ0) is 19.6. The molecule has 27 heavy (non-hydrogen) atoms. The fraction of sp³-hybridized carbons (Fsp3) is 0.250. The summed E-state index contributed by atoms with van der Waals surface area (Å²) in [6, 6.07) is 14.6. The van der Waals surface area contributed by atoms with Gasteiger partial charge in [-0.1, -0.05) is 30.7 Å². The Balaban J connectivity index is 1.81. The van der Waals surface area contributed by atoms with Gasteiger partial charge in [-0.3, -0.25) is 9.59 Å². The maximum Gasteiger partial charge on any atom is 0.329 e. The highest BCUT2D eigenvalue weighted by atomic mass is 35.5. The Hall–Kier alpha value is -2.86. The van der Waals surface area contributed by atoms with Crippen molar-refractivity contribution >= 4 is 29.6 Å². The maximum absolute atomic E-state index is 11.6. The number of hydrogen-bond donors (Lipinski definition) is 2. The van der Waals surface area contributed by atoms with Crippen LogP contribution in [-0.2, 0) is 16.2 Å². The van der Waals surface area contributed by atoms with Crippen LogP contribution >= 0.6 is 11.6 Å². The van der Waals surface area contributed by atoms with E-state index in [1.165, 1.54) is 6.21 Å². The van der Waals surface area contributed by atoms with Gasteiger partial charge < -0.3 is 10.1 Å². The van der Waals surface area contributed by atoms with Gasteiger partial charge in [-0.2, -0.15) is 5.10 Å². The molecule has 0 aliphatic heterocycles. The third-order valence-corrected chi connectivity index (χ3v) is 3.99. The van der Waals surface area contributed by atoms with Crippen LogP contribution < -0.4 is 15.5 Å². The number of halogens is 1. The number of benzene rings is 2. The van der Waals surface area contributed by atoms with Crippen LogP contribution in [0.5, 0.6) is 5.75 Å². The standard InChI is InChI=1S/C20H22ClN3O3/c1-3-14(2)23-19(25)20(26)24-22-12-15-7-9-18(10-8-15)27-13-16-5-4-6-17(21)11-16/h4-12,14H,3,13H2,1-2H3,(H,23,25)(H,24,26)/b22-12-/t14-/m0/s1. The molecule has 0 aliphatic carbocycles. The van der Waals surface area contributed by atoms with Gasteiger partial charge in [0, 0.05) is 11.1 Å². The van der Waals surface area contributed by atoms with Crippen molar-refractivity contribution < 1.29 is 14.3 Å². The van der Waals surface area contributed by atoms with Crippen molar-refractivity contribution in [3.63, 3.8) is 0 Å². The SMILES string of the molecule is CC[C@H](C)NC(=O)C(=O)N/N=C\c1ccc(OCc2cccc(Cl)c2)cc1. The average Bonchev–Trinajstić information content (AvgIpc) is 2.67. The number of ether oxygens (including phenoxy) is 1. The lowest BCUT2D eigenvalue weighted by Crippen LogP contribution is -2.41. The van der Waals surface area contributed by atoms with Crippen molar-refractivity contribution in [2.24, 2.45) is 5.10 Å². The van der Waals surface area contributed by atoms with Crippen LogP contribution in [0.1, 0.15) is 31.4 Å². The molecule has 0 aliphatic rings. The Labute approximate surface area is 163 Å². The van der Waals surface area contributed by atoms with Crippen LogP contribution in [0.25, 0.3) is 0 Å². The van der Waals surface area contributed by atoms with Gasteiger partial charge in [-0.15, -0.1) is 0 Å². The Morgan fingerprint density at radius 2 is 1.93 bits per heavy atom. The zero-order valence-corrected chi connectivity index (χ0v) is 16.0. The first-order chi connectivity index (χ1) is 13.0. The number of carbonyl (C=O) groups is 2. The summed E-state index contributed by atoms with van der Waals surface area (Å²) in [5, 5.41) is 7.02. The molecule has 1 atom stereocenters. The van der Waals surface area contributed by atoms with Gasteiger partial charge in [-0.25, -0.2) is 5.43 Å². The number of hydrogen-bond acceptors (Lipinski definition) is 4. The molecule has 2 aromatic rings. The molecule has 2 aromatic carbocycles. The van der Waals surface area contributed by atoms with E-state index in [0.29, 0.717) is 17.4 Å². The molecule has 0 saturated heterocycles. The second kappa shape index (κ2) is 10.3. The quantitative estimate of drug-likeness (QED) is 0.434. The molecule has 2 amide bonds. The lowest BCUT2D eigenvalue weighted by molar-refractivity contribution is -0.139. The van der Waals surface area contributed by atoms with E-state index in [2.05, 4.69) is 15.8 Å². The Morgan fingerprint density at radius 3 is 2.59 bits per heavy atom. The molecule has 0 heterocycles. The van der Waals surface area contributed by atoms with E-state index in [1.807, 2.05) is 38.1 Å². The fourth-order valence-electron chi connectivity index (χ4n) is 2.05. The molecule has 0 fully saturated rings. The number of amides is 2. The van der Waals surface area contributed by atoms with E-state index in [9.17, 15) is 9.59 Å². The molecular weight excluding hydrogens is 366 g/mol. The summed E-state index contributed by atoms with van der Waals surface area (Å²) in [6.45, 7) is 4.16. The van der Waals surface area contributed by atoms with E-state index in [1.54, 1.807) is 24.3 Å². The molecular formula is C20H22ClN3O3. The zero-order valence-electron chi connectivity index (χ0n) is 15.2. The van der Waals surface area contributed by atoms with Gasteiger partial charge in [-0.05, 0) is 60.9 Å². The molecule has 2 rings (SSSR count). The summed E-state index contributed by atoms with van der Waals surface area (Å²) < 4.78 is 5.70. The topological polar surface area (TPSA) is 79.8 Å². The molecule has 0 aromatic heterocycles. The third-order valence-electron chi connectivity index (χ3n) is 3.75. The number of rotatable bonds is 7. The fourth-order valence-corrected chi connectivity index (χ4v) is 2.26. The van der Waals surface area contributed by atoms with Crippen LogP contribution in [0.2, 0.25) is 5.02 Å². The van der Waals surface area contributed by atoms with Gasteiger partial charge >= 0.3 is 11.8 Å². The number of nitrogens with zero attached hydrogens (tertiary/aromatic N) is 1. The van der Waals surface area contributed by atoms with Gasteiger partial charge in [0.05, 0.1) is 6.21 Å². The molecule has 142 valence electrons. The van der Waals surface area contributed by atoms with Crippen LogP contribution in [-0.4, -0.2) is 24.1 Å². The van der Waals surface area contributed by atoms with Gasteiger partial charge in [0.25, 0.3) is 0 Å². The molecule has 0 unspecified atom stereocenters. The molecule has 0 radical (unpaired) electrons. The van der Waals surface area contributed by atoms with Crippen molar-refractivity contribution in [3.05, 3.63) is 64.7 Å². The molecule has 0 bridgehead atoms. The summed E-state index contributed by atoms with van der Waals surface area (Å²) in [4.78, 5) is 23.2. The molecule has 6 nitrogen and oxygen atoms in total. The second-order valence-electron chi connectivity index (χ2n) is 5.97. The van der Waals surface area contributed by atoms with Crippen molar-refractivity contribution in [1.82, 2.24) is 10.7 Å². The Morgan fingerprint density at radius 1 is 1.19 bits per heavy atom. The van der Waals surface area contributed by atoms with Crippen molar-refractivity contribution in [2.75, 3.05) is 0 Å². The third kappa shape index (κ3) is 7.11. The summed E-state index contributed by atoms with van der Waals surface area (Å²) in [7, 11) is 0. The van der Waals surface area contributed by atoms with Gasteiger partial charge in [0.1, 0.15) is 12.4 Å². The highest BCUT2D eigenvalue weighted by Crippen LogP contribution is 2.15. The minimum Gasteiger partial charge on any atom is -0.489 e. The number of nitrogens with one attached hydrogen (secondary N) is 2. The molecule has 2 N–H and O–H groups in total. The number of hydrazone groups is 1. The molecule has 7 heteroatoms. The summed E-state index contributed by atoms with van der Waals surface area (Å²) in [5.74, 6) is -0.802. The van der Waals surface area contributed by atoms with E-state index in [0.717, 1.165) is 17.5 Å². The predicted molar refractivity (Wildman–Crippen MR) is 106 cm³/mol. The summed E-state index contributed by atoms with van der Waals surface area (Å²) in [5.41, 5.74) is 3.94. The Bertz CT molecular complexity index is 806. The maximum atomic E-state index is 11.6. The van der Waals surface area contributed by atoms with Crippen LogP contribution in [0, 0.1) is 0 Å². The highest BCUT2D eigenvalue weighted by Gasteiger charge is 2.14. The lowest BCUT2D eigenvalue weighted by Gasteiger charge is -2.09.